The number of hydrogen-bond acceptors (Lipinski definition) is 3. The van der Waals surface area contributed by atoms with Crippen molar-refractivity contribution in [1.29, 1.82) is 0 Å². The maximum Gasteiger partial charge on any atom is 0.352 e. The van der Waals surface area contributed by atoms with Gasteiger partial charge in [0.1, 0.15) is 0 Å². The molecule has 5 N–H and O–H groups in total. The second kappa shape index (κ2) is 4.28. The van der Waals surface area contributed by atoms with Gasteiger partial charge in [0.15, 0.2) is 5.28 Å². The summed E-state index contributed by atoms with van der Waals surface area (Å²) in [5.41, 5.74) is 7.41. The van der Waals surface area contributed by atoms with Crippen LogP contribution in [0, 0.1) is 13.8 Å². The summed E-state index contributed by atoms with van der Waals surface area (Å²) < 4.78 is 11.4. The van der Waals surface area contributed by atoms with E-state index in [2.05, 4.69) is 0 Å². The fraction of sp³-hybridized carbons (Fsp3) is 0.400. The Balaban J connectivity index is 3.45. The Morgan fingerprint density at radius 3 is 2.38 bits per heavy atom. The normalized spacial score (nSPS) is 15.9. The van der Waals surface area contributed by atoms with Crippen LogP contribution >= 0.6 is 7.60 Å². The quantitative estimate of drug-likeness (QED) is 0.583. The average molecular weight is 245 g/mol. The van der Waals surface area contributed by atoms with Crippen LogP contribution in [0.2, 0.25) is 0 Å². The van der Waals surface area contributed by atoms with Gasteiger partial charge in [-0.3, -0.25) is 4.57 Å². The van der Waals surface area contributed by atoms with Crippen LogP contribution in [0.5, 0.6) is 0 Å². The van der Waals surface area contributed by atoms with Gasteiger partial charge in [-0.05, 0) is 25.0 Å². The van der Waals surface area contributed by atoms with Gasteiger partial charge < -0.3 is 20.6 Å². The molecular weight excluding hydrogens is 229 g/mol. The summed E-state index contributed by atoms with van der Waals surface area (Å²) in [5.74, 6) is 0. The van der Waals surface area contributed by atoms with E-state index < -0.39 is 19.5 Å². The first-order chi connectivity index (χ1) is 7.22. The lowest BCUT2D eigenvalue weighted by Crippen LogP contribution is -2.41. The van der Waals surface area contributed by atoms with Gasteiger partial charge in [-0.2, -0.15) is 0 Å². The summed E-state index contributed by atoms with van der Waals surface area (Å²) in [7, 11) is -4.63. The first-order valence-corrected chi connectivity index (χ1v) is 6.37. The SMILES string of the molecule is Cc1ccc(C)c(C(N)(CO)P(=O)(O)O)c1. The lowest BCUT2D eigenvalue weighted by Gasteiger charge is -2.30. The molecule has 0 amide bonds. The molecular formula is C10H16NO4P. The summed E-state index contributed by atoms with van der Waals surface area (Å²) >= 11 is 0. The first-order valence-electron chi connectivity index (χ1n) is 4.75. The second-order valence-electron chi connectivity index (χ2n) is 3.94. The molecule has 1 aromatic rings. The van der Waals surface area contributed by atoms with Gasteiger partial charge in [0.2, 0.25) is 0 Å². The third-order valence-electron chi connectivity index (χ3n) is 2.62. The number of rotatable bonds is 3. The highest BCUT2D eigenvalue weighted by molar-refractivity contribution is 7.53. The summed E-state index contributed by atoms with van der Waals surface area (Å²) in [6.07, 6.45) is 0. The standard InChI is InChI=1S/C10H16NO4P/c1-7-3-4-8(2)9(5-7)10(11,6-12)16(13,14)15/h3-5,12H,6,11H2,1-2H3,(H2,13,14,15). The fourth-order valence-electron chi connectivity index (χ4n) is 1.54. The van der Waals surface area contributed by atoms with Gasteiger partial charge in [-0.15, -0.1) is 0 Å². The lowest BCUT2D eigenvalue weighted by atomic mass is 9.99. The van der Waals surface area contributed by atoms with Crippen LogP contribution in [0.25, 0.3) is 0 Å². The van der Waals surface area contributed by atoms with Gasteiger partial charge in [0, 0.05) is 0 Å². The zero-order valence-corrected chi connectivity index (χ0v) is 10.1. The molecule has 0 aliphatic rings. The van der Waals surface area contributed by atoms with E-state index in [1.165, 1.54) is 0 Å². The highest BCUT2D eigenvalue weighted by atomic mass is 31.2. The number of aliphatic hydroxyl groups is 1. The van der Waals surface area contributed by atoms with Crippen LogP contribution in [0.3, 0.4) is 0 Å². The van der Waals surface area contributed by atoms with E-state index in [1.807, 2.05) is 6.07 Å². The monoisotopic (exact) mass is 245 g/mol. The number of nitrogens with two attached hydrogens (primary N) is 1. The molecule has 90 valence electrons. The van der Waals surface area contributed by atoms with Crippen LogP contribution in [-0.4, -0.2) is 21.5 Å². The van der Waals surface area contributed by atoms with E-state index in [0.29, 0.717) is 5.56 Å². The van der Waals surface area contributed by atoms with Crippen LogP contribution in [0.1, 0.15) is 16.7 Å². The van der Waals surface area contributed by atoms with Gasteiger partial charge in [0.25, 0.3) is 0 Å². The molecule has 0 spiro atoms. The molecule has 6 heteroatoms. The van der Waals surface area contributed by atoms with E-state index in [0.717, 1.165) is 5.56 Å². The highest BCUT2D eigenvalue weighted by Crippen LogP contribution is 2.53. The summed E-state index contributed by atoms with van der Waals surface area (Å²) in [6.45, 7) is 2.68. The third-order valence-corrected chi connectivity index (χ3v) is 4.04. The smallest absolute Gasteiger partial charge is 0.352 e. The molecule has 0 saturated carbocycles. The predicted molar refractivity (Wildman–Crippen MR) is 60.9 cm³/mol. The molecule has 0 aliphatic heterocycles. The Hall–Kier alpha value is -0.710. The van der Waals surface area contributed by atoms with Crippen molar-refractivity contribution in [3.8, 4) is 0 Å². The van der Waals surface area contributed by atoms with Crippen LogP contribution in [0.15, 0.2) is 18.2 Å². The van der Waals surface area contributed by atoms with Gasteiger partial charge >= 0.3 is 7.60 Å². The lowest BCUT2D eigenvalue weighted by molar-refractivity contribution is 0.213. The van der Waals surface area contributed by atoms with Crippen LogP contribution in [-0.2, 0) is 9.85 Å². The third kappa shape index (κ3) is 2.19. The molecule has 1 aromatic carbocycles. The molecule has 0 aromatic heterocycles. The number of hydrogen-bond donors (Lipinski definition) is 4. The van der Waals surface area contributed by atoms with E-state index in [9.17, 15) is 19.5 Å². The maximum absolute atomic E-state index is 11.4. The molecule has 0 bridgehead atoms. The molecule has 1 rings (SSSR count). The molecule has 0 fully saturated rings. The number of aryl methyl sites for hydroxylation is 2. The van der Waals surface area contributed by atoms with Crippen molar-refractivity contribution in [2.75, 3.05) is 6.61 Å². The average Bonchev–Trinajstić information content (AvgIpc) is 2.19. The van der Waals surface area contributed by atoms with E-state index in [4.69, 9.17) is 5.73 Å². The highest BCUT2D eigenvalue weighted by Gasteiger charge is 2.45. The van der Waals surface area contributed by atoms with Crippen molar-refractivity contribution in [2.45, 2.75) is 19.1 Å². The summed E-state index contributed by atoms with van der Waals surface area (Å²) in [5, 5.41) is 7.15. The molecule has 0 aliphatic carbocycles. The van der Waals surface area contributed by atoms with Gasteiger partial charge in [0.05, 0.1) is 6.61 Å². The minimum atomic E-state index is -4.63. The fourth-order valence-corrected chi connectivity index (χ4v) is 2.28. The minimum absolute atomic E-state index is 0.281. The molecule has 1 atom stereocenters. The molecule has 0 heterocycles. The molecule has 0 radical (unpaired) electrons. The Kier molecular flexibility index (Phi) is 3.57. The van der Waals surface area contributed by atoms with Crippen molar-refractivity contribution >= 4 is 7.60 Å². The van der Waals surface area contributed by atoms with Crippen LogP contribution < -0.4 is 5.73 Å². The van der Waals surface area contributed by atoms with Crippen LogP contribution in [0.4, 0.5) is 0 Å². The topological polar surface area (TPSA) is 104 Å². The Morgan fingerprint density at radius 2 is 1.94 bits per heavy atom. The number of benzene rings is 1. The van der Waals surface area contributed by atoms with Gasteiger partial charge in [-0.1, -0.05) is 23.8 Å². The Labute approximate surface area is 94.1 Å². The Morgan fingerprint density at radius 1 is 1.38 bits per heavy atom. The predicted octanol–water partition coefficient (Wildman–Crippen LogP) is 0.585. The molecule has 16 heavy (non-hydrogen) atoms. The number of aliphatic hydroxyl groups excluding tert-OH is 1. The second-order valence-corrected chi connectivity index (χ2v) is 5.83. The van der Waals surface area contributed by atoms with E-state index in [1.54, 1.807) is 26.0 Å². The van der Waals surface area contributed by atoms with Crippen molar-refractivity contribution in [1.82, 2.24) is 0 Å². The molecule has 5 nitrogen and oxygen atoms in total. The van der Waals surface area contributed by atoms with Crippen molar-refractivity contribution < 1.29 is 19.5 Å². The van der Waals surface area contributed by atoms with E-state index >= 15 is 0 Å². The summed E-state index contributed by atoms with van der Waals surface area (Å²) in [6, 6.07) is 5.12. The minimum Gasteiger partial charge on any atom is -0.393 e. The van der Waals surface area contributed by atoms with E-state index in [-0.39, 0.29) is 5.56 Å². The molecule has 0 saturated heterocycles. The molecule has 1 unspecified atom stereocenters. The van der Waals surface area contributed by atoms with Crippen molar-refractivity contribution in [3.05, 3.63) is 34.9 Å². The zero-order chi connectivity index (χ0) is 12.6. The zero-order valence-electron chi connectivity index (χ0n) is 9.21. The van der Waals surface area contributed by atoms with Gasteiger partial charge in [-0.25, -0.2) is 0 Å². The Bertz CT molecular complexity index is 442. The largest absolute Gasteiger partial charge is 0.393 e. The van der Waals surface area contributed by atoms with Crippen molar-refractivity contribution in [3.63, 3.8) is 0 Å². The summed E-state index contributed by atoms with van der Waals surface area (Å²) in [4.78, 5) is 18.5. The maximum atomic E-state index is 11.4. The first kappa shape index (κ1) is 13.4. The van der Waals surface area contributed by atoms with Crippen molar-refractivity contribution in [2.24, 2.45) is 5.73 Å².